The third-order valence-electron chi connectivity index (χ3n) is 3.24. The SMILES string of the molecule is O=C(NC[C@@](O)(c1ccccc1)C(F)(F)F)c1ccncc1Cl. The summed E-state index contributed by atoms with van der Waals surface area (Å²) in [5.41, 5.74) is -3.60. The first-order valence-electron chi connectivity index (χ1n) is 6.48. The van der Waals surface area contributed by atoms with Crippen LogP contribution in [0.3, 0.4) is 0 Å². The lowest BCUT2D eigenvalue weighted by Gasteiger charge is -2.31. The van der Waals surface area contributed by atoms with Crippen molar-refractivity contribution in [3.8, 4) is 0 Å². The lowest BCUT2D eigenvalue weighted by atomic mass is 9.93. The van der Waals surface area contributed by atoms with Crippen molar-refractivity contribution in [1.29, 1.82) is 0 Å². The van der Waals surface area contributed by atoms with E-state index in [1.807, 2.05) is 0 Å². The Hall–Kier alpha value is -2.12. The van der Waals surface area contributed by atoms with Crippen LogP contribution in [0.5, 0.6) is 0 Å². The Morgan fingerprint density at radius 3 is 2.43 bits per heavy atom. The van der Waals surface area contributed by atoms with Crippen LogP contribution in [-0.2, 0) is 5.60 Å². The molecule has 0 spiro atoms. The number of nitrogens with one attached hydrogen (secondary N) is 1. The molecule has 1 aromatic heterocycles. The highest BCUT2D eigenvalue weighted by Crippen LogP contribution is 2.38. The Kier molecular flexibility index (Phi) is 4.91. The van der Waals surface area contributed by atoms with Crippen molar-refractivity contribution < 1.29 is 23.1 Å². The van der Waals surface area contributed by atoms with Crippen LogP contribution in [0.25, 0.3) is 0 Å². The fraction of sp³-hybridized carbons (Fsp3) is 0.200. The van der Waals surface area contributed by atoms with E-state index in [-0.39, 0.29) is 16.1 Å². The summed E-state index contributed by atoms with van der Waals surface area (Å²) in [7, 11) is 0. The minimum atomic E-state index is -4.97. The fourth-order valence-corrected chi connectivity index (χ4v) is 2.15. The smallest absolute Gasteiger partial charge is 0.375 e. The highest BCUT2D eigenvalue weighted by atomic mass is 35.5. The topological polar surface area (TPSA) is 62.2 Å². The molecule has 1 atom stereocenters. The second-order valence-electron chi connectivity index (χ2n) is 4.76. The Balaban J connectivity index is 2.24. The van der Waals surface area contributed by atoms with Gasteiger partial charge in [-0.3, -0.25) is 9.78 Å². The van der Waals surface area contributed by atoms with Gasteiger partial charge < -0.3 is 10.4 Å². The quantitative estimate of drug-likeness (QED) is 0.896. The molecule has 0 aliphatic heterocycles. The van der Waals surface area contributed by atoms with E-state index in [0.717, 1.165) is 12.1 Å². The van der Waals surface area contributed by atoms with Crippen molar-refractivity contribution in [2.45, 2.75) is 11.8 Å². The third-order valence-corrected chi connectivity index (χ3v) is 3.54. The van der Waals surface area contributed by atoms with Gasteiger partial charge in [0.25, 0.3) is 5.91 Å². The number of aliphatic hydroxyl groups is 1. The van der Waals surface area contributed by atoms with E-state index in [1.165, 1.54) is 36.7 Å². The monoisotopic (exact) mass is 344 g/mol. The molecule has 0 saturated carbocycles. The summed E-state index contributed by atoms with van der Waals surface area (Å²) in [5.74, 6) is -0.837. The second kappa shape index (κ2) is 6.55. The van der Waals surface area contributed by atoms with Gasteiger partial charge in [-0.05, 0) is 11.6 Å². The summed E-state index contributed by atoms with van der Waals surface area (Å²) in [6.45, 7) is -1.04. The maximum atomic E-state index is 13.3. The number of hydrogen-bond donors (Lipinski definition) is 2. The summed E-state index contributed by atoms with van der Waals surface area (Å²) in [6.07, 6.45) is -2.48. The predicted octanol–water partition coefficient (Wildman–Crippen LogP) is 2.91. The van der Waals surface area contributed by atoms with Crippen molar-refractivity contribution in [3.63, 3.8) is 0 Å². The standard InChI is InChI=1S/C15H12ClF3N2O2/c16-12-8-20-7-6-11(12)13(22)21-9-14(23,15(17,18)19)10-4-2-1-3-5-10/h1-8,23H,9H2,(H,21,22)/t14-/m1/s1. The van der Waals surface area contributed by atoms with E-state index >= 15 is 0 Å². The molecule has 0 saturated heterocycles. The first-order valence-corrected chi connectivity index (χ1v) is 6.86. The number of carbonyl (C=O) groups excluding carboxylic acids is 1. The Labute approximate surface area is 134 Å². The van der Waals surface area contributed by atoms with Crippen molar-refractivity contribution in [1.82, 2.24) is 10.3 Å². The number of benzene rings is 1. The van der Waals surface area contributed by atoms with Crippen LogP contribution in [0.2, 0.25) is 5.02 Å². The number of alkyl halides is 3. The van der Waals surface area contributed by atoms with Gasteiger partial charge in [0, 0.05) is 12.4 Å². The van der Waals surface area contributed by atoms with E-state index in [1.54, 1.807) is 0 Å². The third kappa shape index (κ3) is 3.62. The number of nitrogens with zero attached hydrogens (tertiary/aromatic N) is 1. The summed E-state index contributed by atoms with van der Waals surface area (Å²) in [5, 5.41) is 12.2. The molecule has 0 unspecified atom stereocenters. The molecular weight excluding hydrogens is 333 g/mol. The molecule has 1 amide bonds. The van der Waals surface area contributed by atoms with Gasteiger partial charge in [0.05, 0.1) is 17.1 Å². The Morgan fingerprint density at radius 2 is 1.87 bits per heavy atom. The predicted molar refractivity (Wildman–Crippen MR) is 78.0 cm³/mol. The van der Waals surface area contributed by atoms with Gasteiger partial charge >= 0.3 is 6.18 Å². The van der Waals surface area contributed by atoms with E-state index in [2.05, 4.69) is 10.3 Å². The second-order valence-corrected chi connectivity index (χ2v) is 5.17. The molecule has 1 aromatic carbocycles. The number of carbonyl (C=O) groups is 1. The zero-order valence-corrected chi connectivity index (χ0v) is 12.4. The molecule has 8 heteroatoms. The number of aromatic nitrogens is 1. The van der Waals surface area contributed by atoms with E-state index in [0.29, 0.717) is 0 Å². The van der Waals surface area contributed by atoms with Crippen LogP contribution >= 0.6 is 11.6 Å². The number of pyridine rings is 1. The van der Waals surface area contributed by atoms with Gasteiger partial charge in [-0.2, -0.15) is 13.2 Å². The maximum absolute atomic E-state index is 13.3. The van der Waals surface area contributed by atoms with Gasteiger partial charge in [-0.25, -0.2) is 0 Å². The molecule has 4 nitrogen and oxygen atoms in total. The Morgan fingerprint density at radius 1 is 1.22 bits per heavy atom. The van der Waals surface area contributed by atoms with Gasteiger partial charge in [0.15, 0.2) is 0 Å². The van der Waals surface area contributed by atoms with Crippen molar-refractivity contribution >= 4 is 17.5 Å². The van der Waals surface area contributed by atoms with Crippen LogP contribution in [0.4, 0.5) is 13.2 Å². The Bertz CT molecular complexity index is 695. The van der Waals surface area contributed by atoms with Crippen LogP contribution in [0, 0.1) is 0 Å². The molecule has 0 aliphatic rings. The molecule has 122 valence electrons. The number of rotatable bonds is 4. The molecule has 23 heavy (non-hydrogen) atoms. The molecule has 2 aromatic rings. The van der Waals surface area contributed by atoms with Crippen molar-refractivity contribution in [3.05, 3.63) is 64.9 Å². The lowest BCUT2D eigenvalue weighted by Crippen LogP contribution is -2.51. The molecule has 0 fully saturated rings. The molecule has 1 heterocycles. The van der Waals surface area contributed by atoms with E-state index in [9.17, 15) is 23.1 Å². The lowest BCUT2D eigenvalue weighted by molar-refractivity contribution is -0.263. The molecule has 0 bridgehead atoms. The highest BCUT2D eigenvalue weighted by molar-refractivity contribution is 6.33. The first kappa shape index (κ1) is 17.2. The fourth-order valence-electron chi connectivity index (χ4n) is 1.94. The molecule has 2 N–H and O–H groups in total. The maximum Gasteiger partial charge on any atom is 0.423 e. The summed E-state index contributed by atoms with van der Waals surface area (Å²) in [6, 6.07) is 7.81. The van der Waals surface area contributed by atoms with Crippen LogP contribution < -0.4 is 5.32 Å². The first-order chi connectivity index (χ1) is 10.8. The summed E-state index contributed by atoms with van der Waals surface area (Å²) < 4.78 is 39.9. The molecule has 2 rings (SSSR count). The average Bonchev–Trinajstić information content (AvgIpc) is 2.52. The number of hydrogen-bond acceptors (Lipinski definition) is 3. The van der Waals surface area contributed by atoms with E-state index < -0.39 is 24.2 Å². The minimum absolute atomic E-state index is 0.000240. The normalized spacial score (nSPS) is 14.1. The highest BCUT2D eigenvalue weighted by Gasteiger charge is 2.55. The van der Waals surface area contributed by atoms with Crippen LogP contribution in [0.1, 0.15) is 15.9 Å². The minimum Gasteiger partial charge on any atom is -0.375 e. The molecular formula is C15H12ClF3N2O2. The van der Waals surface area contributed by atoms with Crippen molar-refractivity contribution in [2.24, 2.45) is 0 Å². The number of halogens is 4. The van der Waals surface area contributed by atoms with Crippen LogP contribution in [0.15, 0.2) is 48.8 Å². The van der Waals surface area contributed by atoms with Crippen molar-refractivity contribution in [2.75, 3.05) is 6.54 Å². The van der Waals surface area contributed by atoms with Crippen LogP contribution in [-0.4, -0.2) is 28.7 Å². The zero-order chi connectivity index (χ0) is 17.1. The van der Waals surface area contributed by atoms with Gasteiger partial charge in [-0.15, -0.1) is 0 Å². The zero-order valence-electron chi connectivity index (χ0n) is 11.6. The molecule has 0 radical (unpaired) electrons. The number of amides is 1. The van der Waals surface area contributed by atoms with Gasteiger partial charge in [-0.1, -0.05) is 41.9 Å². The average molecular weight is 345 g/mol. The molecule has 0 aliphatic carbocycles. The van der Waals surface area contributed by atoms with Gasteiger partial charge in [0.1, 0.15) is 0 Å². The summed E-state index contributed by atoms with van der Waals surface area (Å²) >= 11 is 5.77. The largest absolute Gasteiger partial charge is 0.423 e. The van der Waals surface area contributed by atoms with E-state index in [4.69, 9.17) is 11.6 Å². The summed E-state index contributed by atoms with van der Waals surface area (Å²) in [4.78, 5) is 15.7. The van der Waals surface area contributed by atoms with Gasteiger partial charge in [0.2, 0.25) is 5.60 Å².